The second-order valence-electron chi connectivity index (χ2n) is 12.8. The van der Waals surface area contributed by atoms with Crippen LogP contribution < -0.4 is 9.80 Å². The Hall–Kier alpha value is -5.08. The van der Waals surface area contributed by atoms with Gasteiger partial charge in [0.25, 0.3) is 0 Å². The maximum absolute atomic E-state index is 2.58. The maximum atomic E-state index is 2.58. The minimum Gasteiger partial charge on any atom is -0.334 e. The molecule has 0 saturated heterocycles. The molecule has 0 N–H and O–H groups in total. The summed E-state index contributed by atoms with van der Waals surface area (Å²) in [5.74, 6) is 0. The van der Waals surface area contributed by atoms with E-state index in [2.05, 4.69) is 175 Å². The van der Waals surface area contributed by atoms with Crippen LogP contribution in [0.15, 0.2) is 168 Å². The van der Waals surface area contributed by atoms with E-state index in [1.807, 2.05) is 0 Å². The highest BCUT2D eigenvalue weighted by molar-refractivity contribution is 5.96. The molecule has 0 fully saturated rings. The number of allylic oxidation sites excluding steroid dienone is 3. The van der Waals surface area contributed by atoms with Gasteiger partial charge in [-0.2, -0.15) is 0 Å². The van der Waals surface area contributed by atoms with Gasteiger partial charge in [-0.1, -0.05) is 105 Å². The SMILES string of the molecule is CC1(C)C2=C(C3=CCCC=C3C(N(c3ccccc3)c3ccccc3)C2)c2ccc(N(c3ccccc3)c3ccccc3)cc21. The zero-order valence-electron chi connectivity index (χ0n) is 26.0. The lowest BCUT2D eigenvalue weighted by Crippen LogP contribution is -2.38. The predicted octanol–water partition coefficient (Wildman–Crippen LogP) is 11.5. The third-order valence-corrected chi connectivity index (χ3v) is 9.89. The number of anilines is 5. The van der Waals surface area contributed by atoms with Crippen LogP contribution in [0.5, 0.6) is 0 Å². The molecule has 220 valence electrons. The van der Waals surface area contributed by atoms with Crippen LogP contribution in [0.2, 0.25) is 0 Å². The van der Waals surface area contributed by atoms with Gasteiger partial charge in [0.05, 0.1) is 6.04 Å². The fraction of sp³-hybridized carbons (Fsp3) is 0.163. The van der Waals surface area contributed by atoms with Crippen LogP contribution in [0.1, 0.15) is 44.2 Å². The summed E-state index contributed by atoms with van der Waals surface area (Å²) in [6.45, 7) is 4.88. The molecule has 0 bridgehead atoms. The molecule has 3 aliphatic rings. The highest BCUT2D eigenvalue weighted by Crippen LogP contribution is 2.58. The first-order valence-corrected chi connectivity index (χ1v) is 16.2. The van der Waals surface area contributed by atoms with E-state index in [0.29, 0.717) is 0 Å². The van der Waals surface area contributed by atoms with Gasteiger partial charge in [0.1, 0.15) is 0 Å². The molecule has 0 amide bonds. The van der Waals surface area contributed by atoms with Crippen molar-refractivity contribution in [3.05, 3.63) is 180 Å². The molecule has 0 heterocycles. The molecule has 45 heavy (non-hydrogen) atoms. The lowest BCUT2D eigenvalue weighted by atomic mass is 9.71. The van der Waals surface area contributed by atoms with Crippen LogP contribution in [0, 0.1) is 0 Å². The number of para-hydroxylation sites is 4. The molecule has 0 aliphatic heterocycles. The number of rotatable bonds is 6. The summed E-state index contributed by atoms with van der Waals surface area (Å²) in [7, 11) is 0. The van der Waals surface area contributed by atoms with Crippen molar-refractivity contribution >= 4 is 34.0 Å². The van der Waals surface area contributed by atoms with E-state index in [1.165, 1.54) is 56.3 Å². The largest absolute Gasteiger partial charge is 0.334 e. The number of fused-ring (bicyclic) bond motifs is 4. The number of benzene rings is 5. The van der Waals surface area contributed by atoms with E-state index in [0.717, 1.165) is 19.3 Å². The lowest BCUT2D eigenvalue weighted by Gasteiger charge is -2.42. The summed E-state index contributed by atoms with van der Waals surface area (Å²) >= 11 is 0. The molecule has 5 aromatic carbocycles. The zero-order valence-corrected chi connectivity index (χ0v) is 26.0. The Balaban J connectivity index is 1.26. The minimum absolute atomic E-state index is 0.110. The highest BCUT2D eigenvalue weighted by atomic mass is 15.2. The van der Waals surface area contributed by atoms with E-state index < -0.39 is 0 Å². The Kier molecular flexibility index (Phi) is 6.79. The minimum atomic E-state index is -0.110. The Morgan fingerprint density at radius 2 is 1.07 bits per heavy atom. The first-order valence-electron chi connectivity index (χ1n) is 16.2. The molecule has 1 atom stereocenters. The van der Waals surface area contributed by atoms with Crippen molar-refractivity contribution in [2.24, 2.45) is 0 Å². The standard InChI is InChI=1S/C43H38N2/c1-43(2)39-29-35(44(31-17-7-3-8-18-31)32-19-9-4-10-20-32)27-28-38(39)42-37-26-16-15-25-36(37)41(30-40(42)43)45(33-21-11-5-12-22-33)34-23-13-6-14-24-34/h3-14,17-29,41H,15-16,30H2,1-2H3. The summed E-state index contributed by atoms with van der Waals surface area (Å²) in [4.78, 5) is 4.96. The fourth-order valence-corrected chi connectivity index (χ4v) is 7.79. The van der Waals surface area contributed by atoms with Crippen LogP contribution in [-0.4, -0.2) is 6.04 Å². The molecule has 0 saturated carbocycles. The topological polar surface area (TPSA) is 6.48 Å². The Bertz CT molecular complexity index is 1850. The van der Waals surface area contributed by atoms with Gasteiger partial charge in [0.2, 0.25) is 0 Å². The summed E-state index contributed by atoms with van der Waals surface area (Å²) in [6, 6.07) is 50.8. The van der Waals surface area contributed by atoms with Crippen LogP contribution in [0.4, 0.5) is 28.4 Å². The second kappa shape index (κ2) is 11.1. The van der Waals surface area contributed by atoms with E-state index in [1.54, 1.807) is 5.57 Å². The molecule has 5 aromatic rings. The lowest BCUT2D eigenvalue weighted by molar-refractivity contribution is 0.575. The molecule has 0 radical (unpaired) electrons. The van der Waals surface area contributed by atoms with Crippen LogP contribution >= 0.6 is 0 Å². The van der Waals surface area contributed by atoms with Gasteiger partial charge in [-0.05, 0) is 113 Å². The Labute approximate surface area is 267 Å². The van der Waals surface area contributed by atoms with Gasteiger partial charge in [0, 0.05) is 33.9 Å². The van der Waals surface area contributed by atoms with Gasteiger partial charge in [-0.3, -0.25) is 0 Å². The Morgan fingerprint density at radius 3 is 1.62 bits per heavy atom. The van der Waals surface area contributed by atoms with Crippen molar-refractivity contribution in [1.82, 2.24) is 0 Å². The van der Waals surface area contributed by atoms with Crippen molar-refractivity contribution in [3.63, 3.8) is 0 Å². The average Bonchev–Trinajstić information content (AvgIpc) is 3.32. The van der Waals surface area contributed by atoms with Crippen LogP contribution in [0.3, 0.4) is 0 Å². The van der Waals surface area contributed by atoms with Crippen molar-refractivity contribution in [3.8, 4) is 0 Å². The van der Waals surface area contributed by atoms with Gasteiger partial charge < -0.3 is 9.80 Å². The van der Waals surface area contributed by atoms with Crippen molar-refractivity contribution in [2.75, 3.05) is 9.80 Å². The van der Waals surface area contributed by atoms with Crippen molar-refractivity contribution in [1.29, 1.82) is 0 Å². The van der Waals surface area contributed by atoms with Gasteiger partial charge in [0.15, 0.2) is 0 Å². The third-order valence-electron chi connectivity index (χ3n) is 9.89. The number of nitrogens with zero attached hydrogens (tertiary/aromatic N) is 2. The van der Waals surface area contributed by atoms with Gasteiger partial charge in [-0.15, -0.1) is 0 Å². The molecule has 1 unspecified atom stereocenters. The molecular formula is C43H38N2. The van der Waals surface area contributed by atoms with E-state index >= 15 is 0 Å². The quantitative estimate of drug-likeness (QED) is 0.196. The highest BCUT2D eigenvalue weighted by Gasteiger charge is 2.46. The fourth-order valence-electron chi connectivity index (χ4n) is 7.79. The second-order valence-corrected chi connectivity index (χ2v) is 12.8. The van der Waals surface area contributed by atoms with E-state index in [4.69, 9.17) is 0 Å². The molecule has 0 aromatic heterocycles. The van der Waals surface area contributed by atoms with Gasteiger partial charge >= 0.3 is 0 Å². The summed E-state index contributed by atoms with van der Waals surface area (Å²) in [5, 5.41) is 0. The zero-order chi connectivity index (χ0) is 30.4. The maximum Gasteiger partial charge on any atom is 0.0632 e. The monoisotopic (exact) mass is 582 g/mol. The van der Waals surface area contributed by atoms with Crippen LogP contribution in [0.25, 0.3) is 5.57 Å². The molecule has 0 spiro atoms. The molecule has 2 heteroatoms. The molecule has 8 rings (SSSR count). The number of hydrogen-bond donors (Lipinski definition) is 0. The third kappa shape index (κ3) is 4.64. The predicted molar refractivity (Wildman–Crippen MR) is 190 cm³/mol. The van der Waals surface area contributed by atoms with Crippen LogP contribution in [-0.2, 0) is 5.41 Å². The summed E-state index contributed by atoms with van der Waals surface area (Å²) in [6.07, 6.45) is 8.20. The Morgan fingerprint density at radius 1 is 0.556 bits per heavy atom. The summed E-state index contributed by atoms with van der Waals surface area (Å²) < 4.78 is 0. The molecule has 2 nitrogen and oxygen atoms in total. The molecule has 3 aliphatic carbocycles. The first kappa shape index (κ1) is 27.5. The normalized spacial score (nSPS) is 17.9. The smallest absolute Gasteiger partial charge is 0.0632 e. The van der Waals surface area contributed by atoms with E-state index in [-0.39, 0.29) is 11.5 Å². The van der Waals surface area contributed by atoms with Crippen molar-refractivity contribution in [2.45, 2.75) is 44.6 Å². The average molecular weight is 583 g/mol. The molecular weight excluding hydrogens is 544 g/mol. The van der Waals surface area contributed by atoms with E-state index in [9.17, 15) is 0 Å². The number of hydrogen-bond acceptors (Lipinski definition) is 2. The summed E-state index contributed by atoms with van der Waals surface area (Å²) in [5.41, 5.74) is 14.6. The van der Waals surface area contributed by atoms with Crippen molar-refractivity contribution < 1.29 is 0 Å². The van der Waals surface area contributed by atoms with Gasteiger partial charge in [-0.25, -0.2) is 0 Å². The first-order chi connectivity index (χ1) is 22.1.